The van der Waals surface area contributed by atoms with Crippen LogP contribution in [0, 0.1) is 6.92 Å². The van der Waals surface area contributed by atoms with Crippen LogP contribution in [0.15, 0.2) is 24.3 Å². The van der Waals surface area contributed by atoms with Gasteiger partial charge in [0.1, 0.15) is 18.9 Å². The van der Waals surface area contributed by atoms with Gasteiger partial charge in [-0.3, -0.25) is 10.1 Å². The molecule has 6 heteroatoms. The summed E-state index contributed by atoms with van der Waals surface area (Å²) in [6, 6.07) is 7.84. The number of amides is 2. The van der Waals surface area contributed by atoms with Crippen LogP contribution in [0.3, 0.4) is 0 Å². The summed E-state index contributed by atoms with van der Waals surface area (Å²) in [4.78, 5) is 23.9. The van der Waals surface area contributed by atoms with Crippen LogP contribution in [0.25, 0.3) is 0 Å². The van der Waals surface area contributed by atoms with E-state index in [9.17, 15) is 9.59 Å². The summed E-state index contributed by atoms with van der Waals surface area (Å²) >= 11 is 0. The van der Waals surface area contributed by atoms with Gasteiger partial charge in [-0.2, -0.15) is 0 Å². The molecule has 1 atom stereocenters. The third-order valence-electron chi connectivity index (χ3n) is 3.17. The van der Waals surface area contributed by atoms with E-state index in [1.54, 1.807) is 6.92 Å². The van der Waals surface area contributed by atoms with E-state index in [-0.39, 0.29) is 19.1 Å². The van der Waals surface area contributed by atoms with Gasteiger partial charge in [-0.1, -0.05) is 17.7 Å². The monoisotopic (exact) mass is 309 g/mol. The molecule has 122 valence electrons. The molecule has 2 amide bonds. The number of likely N-dealkylation sites (N-methyl/N-ethyl adjacent to an activating group) is 1. The number of quaternary nitrogens is 1. The van der Waals surface area contributed by atoms with Crippen molar-refractivity contribution in [2.45, 2.75) is 20.8 Å². The fourth-order valence-corrected chi connectivity index (χ4v) is 1.89. The number of ether oxygens (including phenoxy) is 2. The Labute approximate surface area is 131 Å². The van der Waals surface area contributed by atoms with Gasteiger partial charge in [0.15, 0.2) is 6.54 Å². The molecule has 0 saturated carbocycles. The van der Waals surface area contributed by atoms with Gasteiger partial charge in [-0.25, -0.2) is 4.79 Å². The summed E-state index contributed by atoms with van der Waals surface area (Å²) in [5.41, 5.74) is 1.18. The van der Waals surface area contributed by atoms with Gasteiger partial charge >= 0.3 is 6.09 Å². The minimum Gasteiger partial charge on any atom is -0.488 e. The van der Waals surface area contributed by atoms with Crippen LogP contribution < -0.4 is 15.0 Å². The highest BCUT2D eigenvalue weighted by molar-refractivity contribution is 5.92. The average molecular weight is 309 g/mol. The van der Waals surface area contributed by atoms with Crippen molar-refractivity contribution in [3.8, 4) is 5.75 Å². The molecule has 2 N–H and O–H groups in total. The highest BCUT2D eigenvalue weighted by atomic mass is 16.5. The normalized spacial score (nSPS) is 11.6. The maximum absolute atomic E-state index is 11.7. The molecule has 0 aromatic heterocycles. The summed E-state index contributed by atoms with van der Waals surface area (Å²) in [6.45, 7) is 8.12. The Bertz CT molecular complexity index is 474. The van der Waals surface area contributed by atoms with Gasteiger partial charge in [0, 0.05) is 0 Å². The number of benzene rings is 1. The van der Waals surface area contributed by atoms with Crippen LogP contribution in [0.4, 0.5) is 4.79 Å². The molecule has 0 aliphatic carbocycles. The molecule has 1 rings (SSSR count). The number of aryl methyl sites for hydroxylation is 1. The van der Waals surface area contributed by atoms with Crippen LogP contribution in [0.1, 0.15) is 19.4 Å². The molecular formula is C16H25N2O4+. The molecule has 0 aliphatic rings. The van der Waals surface area contributed by atoms with Gasteiger partial charge in [-0.15, -0.1) is 0 Å². The quantitative estimate of drug-likeness (QED) is 0.736. The second-order valence-electron chi connectivity index (χ2n) is 4.96. The first-order chi connectivity index (χ1) is 10.5. The van der Waals surface area contributed by atoms with Gasteiger partial charge in [0.05, 0.1) is 13.2 Å². The first kappa shape index (κ1) is 18.0. The third-order valence-corrected chi connectivity index (χ3v) is 3.17. The van der Waals surface area contributed by atoms with Crippen molar-refractivity contribution >= 4 is 12.0 Å². The molecule has 0 fully saturated rings. The van der Waals surface area contributed by atoms with E-state index in [2.05, 4.69) is 10.1 Å². The number of carbonyl (C=O) groups is 2. The van der Waals surface area contributed by atoms with E-state index in [0.29, 0.717) is 13.2 Å². The Balaban J connectivity index is 2.30. The predicted molar refractivity (Wildman–Crippen MR) is 83.1 cm³/mol. The second-order valence-corrected chi connectivity index (χ2v) is 4.96. The highest BCUT2D eigenvalue weighted by Gasteiger charge is 2.15. The first-order valence-electron chi connectivity index (χ1n) is 7.54. The maximum Gasteiger partial charge on any atom is 0.414 e. The van der Waals surface area contributed by atoms with Gasteiger partial charge < -0.3 is 14.4 Å². The van der Waals surface area contributed by atoms with Crippen LogP contribution in [-0.2, 0) is 9.53 Å². The lowest BCUT2D eigenvalue weighted by molar-refractivity contribution is -0.890. The third kappa shape index (κ3) is 7.08. The van der Waals surface area contributed by atoms with E-state index < -0.39 is 6.09 Å². The molecule has 1 aromatic carbocycles. The summed E-state index contributed by atoms with van der Waals surface area (Å²) in [6.07, 6.45) is -0.696. The van der Waals surface area contributed by atoms with E-state index in [0.717, 1.165) is 17.2 Å². The highest BCUT2D eigenvalue weighted by Crippen LogP contribution is 2.10. The van der Waals surface area contributed by atoms with E-state index >= 15 is 0 Å². The molecule has 1 aromatic rings. The zero-order valence-corrected chi connectivity index (χ0v) is 13.5. The lowest BCUT2D eigenvalue weighted by atomic mass is 10.2. The van der Waals surface area contributed by atoms with Crippen LogP contribution in [0.5, 0.6) is 5.75 Å². The number of carbonyl (C=O) groups excluding carboxylic acids is 2. The lowest BCUT2D eigenvalue weighted by Gasteiger charge is -2.17. The number of imide groups is 1. The molecule has 22 heavy (non-hydrogen) atoms. The minimum absolute atomic E-state index is 0.215. The molecule has 1 unspecified atom stereocenters. The van der Waals surface area contributed by atoms with Gasteiger partial charge in [0.25, 0.3) is 5.91 Å². The lowest BCUT2D eigenvalue weighted by Crippen LogP contribution is -3.13. The Hall–Kier alpha value is -2.08. The Morgan fingerprint density at radius 3 is 2.45 bits per heavy atom. The molecule has 0 radical (unpaired) electrons. The summed E-state index contributed by atoms with van der Waals surface area (Å²) < 4.78 is 10.3. The van der Waals surface area contributed by atoms with Crippen molar-refractivity contribution < 1.29 is 24.0 Å². The molecule has 0 saturated heterocycles. The fourth-order valence-electron chi connectivity index (χ4n) is 1.89. The topological polar surface area (TPSA) is 69.1 Å². The Morgan fingerprint density at radius 2 is 1.86 bits per heavy atom. The molecule has 0 spiro atoms. The molecule has 0 heterocycles. The second kappa shape index (κ2) is 9.78. The molecule has 0 aliphatic heterocycles. The SMILES string of the molecule is CCOC(=O)NC(=O)C[NH+](CC)CCOc1ccc(C)cc1. The van der Waals surface area contributed by atoms with Crippen molar-refractivity contribution in [3.05, 3.63) is 29.8 Å². The largest absolute Gasteiger partial charge is 0.488 e. The van der Waals surface area contributed by atoms with E-state index in [1.165, 1.54) is 5.56 Å². The van der Waals surface area contributed by atoms with Gasteiger partial charge in [-0.05, 0) is 32.9 Å². The summed E-state index contributed by atoms with van der Waals surface area (Å²) in [7, 11) is 0. The standard InChI is InChI=1S/C16H24N2O4/c1-4-18(12-15(19)17-16(20)21-5-2)10-11-22-14-8-6-13(3)7-9-14/h6-9H,4-5,10-12H2,1-3H3,(H,17,19,20)/p+1. The van der Waals surface area contributed by atoms with Crippen molar-refractivity contribution in [1.82, 2.24) is 5.32 Å². The number of nitrogens with one attached hydrogen (secondary N) is 2. The number of alkyl carbamates (subject to hydrolysis) is 1. The average Bonchev–Trinajstić information content (AvgIpc) is 2.48. The maximum atomic E-state index is 11.7. The predicted octanol–water partition coefficient (Wildman–Crippen LogP) is 0.551. The van der Waals surface area contributed by atoms with Crippen molar-refractivity contribution in [1.29, 1.82) is 0 Å². The molecule has 6 nitrogen and oxygen atoms in total. The van der Waals surface area contributed by atoms with Gasteiger partial charge in [0.2, 0.25) is 0 Å². The zero-order chi connectivity index (χ0) is 16.4. The summed E-state index contributed by atoms with van der Waals surface area (Å²) in [5.74, 6) is 0.475. The zero-order valence-electron chi connectivity index (χ0n) is 13.5. The molecular weight excluding hydrogens is 284 g/mol. The number of rotatable bonds is 8. The van der Waals surface area contributed by atoms with Crippen molar-refractivity contribution in [2.24, 2.45) is 0 Å². The van der Waals surface area contributed by atoms with E-state index in [1.807, 2.05) is 38.1 Å². The molecule has 0 bridgehead atoms. The van der Waals surface area contributed by atoms with Crippen molar-refractivity contribution in [2.75, 3.05) is 32.8 Å². The summed E-state index contributed by atoms with van der Waals surface area (Å²) in [5, 5.41) is 2.20. The number of hydrogen-bond acceptors (Lipinski definition) is 4. The number of hydrogen-bond donors (Lipinski definition) is 2. The van der Waals surface area contributed by atoms with E-state index in [4.69, 9.17) is 4.74 Å². The van der Waals surface area contributed by atoms with Crippen LogP contribution in [0.2, 0.25) is 0 Å². The Kier molecular flexibility index (Phi) is 7.99. The minimum atomic E-state index is -0.696. The van der Waals surface area contributed by atoms with Crippen molar-refractivity contribution in [3.63, 3.8) is 0 Å². The first-order valence-corrected chi connectivity index (χ1v) is 7.54. The fraction of sp³-hybridized carbons (Fsp3) is 0.500. The Morgan fingerprint density at radius 1 is 1.18 bits per heavy atom. The van der Waals surface area contributed by atoms with Crippen LogP contribution in [-0.4, -0.2) is 44.8 Å². The smallest absolute Gasteiger partial charge is 0.414 e. The van der Waals surface area contributed by atoms with Crippen LogP contribution >= 0.6 is 0 Å².